The number of rotatable bonds is 5. The Morgan fingerprint density at radius 2 is 1.75 bits per heavy atom. The second-order valence-electron chi connectivity index (χ2n) is 2.44. The summed E-state index contributed by atoms with van der Waals surface area (Å²) in [5, 5.41) is 35.2. The van der Waals surface area contributed by atoms with Gasteiger partial charge in [-0.25, -0.2) is 0 Å². The molecule has 0 unspecified atom stereocenters. The van der Waals surface area contributed by atoms with Crippen LogP contribution in [0.15, 0.2) is 0 Å². The number of carbonyl (C=O) groups is 1. The van der Waals surface area contributed by atoms with Gasteiger partial charge in [-0.15, -0.1) is 0 Å². The average Bonchev–Trinajstić information content (AvgIpc) is 2.12. The summed E-state index contributed by atoms with van der Waals surface area (Å²) in [5.41, 5.74) is 5.04. The van der Waals surface area contributed by atoms with Gasteiger partial charge in [0.05, 0.1) is 12.6 Å². The van der Waals surface area contributed by atoms with E-state index in [9.17, 15) is 4.79 Å². The molecule has 0 aromatic rings. The maximum absolute atomic E-state index is 10.0. The smallest absolute Gasteiger partial charge is 0.139 e. The van der Waals surface area contributed by atoms with E-state index in [1.165, 1.54) is 0 Å². The predicted molar refractivity (Wildman–Crippen MR) is 39.1 cm³/mol. The first-order valence-corrected chi connectivity index (χ1v) is 3.40. The average molecular weight is 179 g/mol. The van der Waals surface area contributed by atoms with E-state index in [0.29, 0.717) is 0 Å². The molecule has 4 atom stereocenters. The zero-order chi connectivity index (χ0) is 9.72. The van der Waals surface area contributed by atoms with Crippen LogP contribution in [-0.2, 0) is 4.79 Å². The van der Waals surface area contributed by atoms with Gasteiger partial charge in [-0.1, -0.05) is 0 Å². The van der Waals surface area contributed by atoms with E-state index in [1.54, 1.807) is 0 Å². The van der Waals surface area contributed by atoms with E-state index in [1.807, 2.05) is 0 Å². The van der Waals surface area contributed by atoms with Gasteiger partial charge < -0.3 is 31.0 Å². The Hall–Kier alpha value is -0.530. The molecule has 0 aromatic carbocycles. The largest absolute Gasteiger partial charge is 0.394 e. The summed E-state index contributed by atoms with van der Waals surface area (Å²) < 4.78 is 0. The van der Waals surface area contributed by atoms with Crippen LogP contribution in [0.2, 0.25) is 0 Å². The van der Waals surface area contributed by atoms with Crippen molar-refractivity contribution in [3.8, 4) is 0 Å². The molecule has 0 bridgehead atoms. The molecule has 0 aliphatic carbocycles. The predicted octanol–water partition coefficient (Wildman–Crippen LogP) is -3.41. The molecule has 72 valence electrons. The molecule has 0 heterocycles. The van der Waals surface area contributed by atoms with Crippen LogP contribution in [0.5, 0.6) is 0 Å². The molecular weight excluding hydrogens is 166 g/mol. The van der Waals surface area contributed by atoms with Crippen molar-refractivity contribution in [1.82, 2.24) is 0 Å². The van der Waals surface area contributed by atoms with Gasteiger partial charge in [0.1, 0.15) is 24.6 Å². The van der Waals surface area contributed by atoms with Crippen molar-refractivity contribution in [2.24, 2.45) is 5.73 Å². The molecule has 0 rings (SSSR count). The van der Waals surface area contributed by atoms with Crippen molar-refractivity contribution in [2.45, 2.75) is 24.4 Å². The normalized spacial score (nSPS) is 21.1. The fourth-order valence-corrected chi connectivity index (χ4v) is 0.644. The Kier molecular flexibility index (Phi) is 4.95. The summed E-state index contributed by atoms with van der Waals surface area (Å²) in [4.78, 5) is 10.0. The maximum Gasteiger partial charge on any atom is 0.139 e. The first-order valence-electron chi connectivity index (χ1n) is 3.40. The van der Waals surface area contributed by atoms with Crippen molar-refractivity contribution in [3.05, 3.63) is 0 Å². The molecule has 0 aromatic heterocycles. The highest BCUT2D eigenvalue weighted by Gasteiger charge is 2.28. The molecule has 6 nitrogen and oxygen atoms in total. The van der Waals surface area contributed by atoms with E-state index in [0.717, 1.165) is 0 Å². The first-order chi connectivity index (χ1) is 5.54. The number of hydrogen-bond donors (Lipinski definition) is 5. The summed E-state index contributed by atoms with van der Waals surface area (Å²) in [6.45, 7) is -0.705. The van der Waals surface area contributed by atoms with Crippen LogP contribution < -0.4 is 5.73 Å². The summed E-state index contributed by atoms with van der Waals surface area (Å²) >= 11 is 0. The number of nitrogens with two attached hydrogens (primary N) is 1. The maximum atomic E-state index is 10.0. The SMILES string of the molecule is N[C@H](C=O)[C@H](O)[C@H](O)[C@@H](O)CO. The lowest BCUT2D eigenvalue weighted by Crippen LogP contribution is -2.49. The highest BCUT2D eigenvalue weighted by atomic mass is 16.4. The van der Waals surface area contributed by atoms with E-state index in [-0.39, 0.29) is 6.29 Å². The molecule has 6 heteroatoms. The lowest BCUT2D eigenvalue weighted by atomic mass is 10.0. The summed E-state index contributed by atoms with van der Waals surface area (Å²) in [6, 6.07) is -1.26. The molecular formula is C6H13NO5. The minimum absolute atomic E-state index is 0.248. The quantitative estimate of drug-likeness (QED) is 0.280. The second-order valence-corrected chi connectivity index (χ2v) is 2.44. The molecule has 12 heavy (non-hydrogen) atoms. The zero-order valence-corrected chi connectivity index (χ0v) is 6.37. The van der Waals surface area contributed by atoms with Crippen molar-refractivity contribution in [3.63, 3.8) is 0 Å². The Labute approximate surface area is 69.2 Å². The van der Waals surface area contributed by atoms with Gasteiger partial charge in [-0.2, -0.15) is 0 Å². The second kappa shape index (κ2) is 5.18. The third kappa shape index (κ3) is 2.84. The highest BCUT2D eigenvalue weighted by molar-refractivity contribution is 5.58. The van der Waals surface area contributed by atoms with Crippen LogP contribution in [0.25, 0.3) is 0 Å². The van der Waals surface area contributed by atoms with Crippen molar-refractivity contribution in [2.75, 3.05) is 6.61 Å². The summed E-state index contributed by atoms with van der Waals surface area (Å²) in [7, 11) is 0. The van der Waals surface area contributed by atoms with Crippen LogP contribution in [-0.4, -0.2) is 57.7 Å². The van der Waals surface area contributed by atoms with Gasteiger partial charge >= 0.3 is 0 Å². The van der Waals surface area contributed by atoms with Gasteiger partial charge in [0.15, 0.2) is 0 Å². The third-order valence-electron chi connectivity index (χ3n) is 1.48. The van der Waals surface area contributed by atoms with E-state index < -0.39 is 31.0 Å². The van der Waals surface area contributed by atoms with Gasteiger partial charge in [0, 0.05) is 0 Å². The molecule has 0 aliphatic rings. The third-order valence-corrected chi connectivity index (χ3v) is 1.48. The lowest BCUT2D eigenvalue weighted by Gasteiger charge is -2.23. The first kappa shape index (κ1) is 11.5. The number of aldehydes is 1. The zero-order valence-electron chi connectivity index (χ0n) is 6.37. The van der Waals surface area contributed by atoms with Crippen molar-refractivity contribution in [1.29, 1.82) is 0 Å². The number of aliphatic hydroxyl groups is 4. The molecule has 0 saturated heterocycles. The molecule has 0 fully saturated rings. The van der Waals surface area contributed by atoms with Crippen molar-refractivity contribution < 1.29 is 25.2 Å². The summed E-state index contributed by atoms with van der Waals surface area (Å²) in [5.74, 6) is 0. The molecule has 0 amide bonds. The minimum Gasteiger partial charge on any atom is -0.394 e. The van der Waals surface area contributed by atoms with E-state index in [2.05, 4.69) is 0 Å². The van der Waals surface area contributed by atoms with E-state index >= 15 is 0 Å². The fraction of sp³-hybridized carbons (Fsp3) is 0.833. The van der Waals surface area contributed by atoms with Gasteiger partial charge in [-0.3, -0.25) is 0 Å². The Balaban J connectivity index is 4.07. The Morgan fingerprint density at radius 3 is 2.08 bits per heavy atom. The molecule has 0 radical (unpaired) electrons. The molecule has 6 N–H and O–H groups in total. The summed E-state index contributed by atoms with van der Waals surface area (Å²) in [6.07, 6.45) is -4.43. The van der Waals surface area contributed by atoms with Gasteiger partial charge in [0.25, 0.3) is 0 Å². The monoisotopic (exact) mass is 179 g/mol. The molecule has 0 aliphatic heterocycles. The topological polar surface area (TPSA) is 124 Å². The number of hydrogen-bond acceptors (Lipinski definition) is 6. The number of carbonyl (C=O) groups excluding carboxylic acids is 1. The fourth-order valence-electron chi connectivity index (χ4n) is 0.644. The van der Waals surface area contributed by atoms with Crippen LogP contribution in [0.3, 0.4) is 0 Å². The van der Waals surface area contributed by atoms with Gasteiger partial charge in [-0.05, 0) is 0 Å². The molecule has 0 saturated carbocycles. The van der Waals surface area contributed by atoms with Crippen molar-refractivity contribution >= 4 is 6.29 Å². The van der Waals surface area contributed by atoms with Crippen LogP contribution in [0, 0.1) is 0 Å². The highest BCUT2D eigenvalue weighted by Crippen LogP contribution is 2.01. The van der Waals surface area contributed by atoms with Crippen LogP contribution in [0.1, 0.15) is 0 Å². The Bertz CT molecular complexity index is 142. The standard InChI is InChI=1S/C6H13NO5/c7-3(1-8)5(11)6(12)4(10)2-9/h1,3-6,9-12H,2,7H2/t3-,4+,5+,6-/m1/s1. The minimum atomic E-state index is -1.62. The van der Waals surface area contributed by atoms with E-state index in [4.69, 9.17) is 26.2 Å². The van der Waals surface area contributed by atoms with Gasteiger partial charge in [0.2, 0.25) is 0 Å². The van der Waals surface area contributed by atoms with Crippen LogP contribution in [0.4, 0.5) is 0 Å². The van der Waals surface area contributed by atoms with Crippen LogP contribution >= 0.6 is 0 Å². The number of aliphatic hydroxyl groups excluding tert-OH is 4. The Morgan fingerprint density at radius 1 is 1.25 bits per heavy atom. The lowest BCUT2D eigenvalue weighted by molar-refractivity contribution is -0.118. The molecule has 0 spiro atoms.